The SMILES string of the molecule is CN(C)CCCOC(=O)[C@@H]1[C@H]2C[C@@H]3[C@@H]1C(=O)O[C@@H]3C2. The zero-order valence-corrected chi connectivity index (χ0v) is 11.5. The maximum absolute atomic E-state index is 12.2. The Morgan fingerprint density at radius 3 is 2.95 bits per heavy atom. The van der Waals surface area contributed by atoms with Crippen LogP contribution in [0.3, 0.4) is 0 Å². The van der Waals surface area contributed by atoms with Gasteiger partial charge in [0.2, 0.25) is 0 Å². The lowest BCUT2D eigenvalue weighted by atomic mass is 9.80. The first kappa shape index (κ1) is 12.9. The molecule has 2 saturated carbocycles. The smallest absolute Gasteiger partial charge is 0.310 e. The molecule has 0 amide bonds. The van der Waals surface area contributed by atoms with Gasteiger partial charge in [-0.1, -0.05) is 0 Å². The summed E-state index contributed by atoms with van der Waals surface area (Å²) < 4.78 is 10.7. The van der Waals surface area contributed by atoms with Gasteiger partial charge >= 0.3 is 11.9 Å². The first-order chi connectivity index (χ1) is 9.08. The third-order valence-electron chi connectivity index (χ3n) is 4.75. The molecule has 1 heterocycles. The number of hydrogen-bond donors (Lipinski definition) is 0. The number of ether oxygens (including phenoxy) is 2. The second-order valence-electron chi connectivity index (χ2n) is 6.25. The Labute approximate surface area is 113 Å². The number of hydrogen-bond acceptors (Lipinski definition) is 5. The maximum Gasteiger partial charge on any atom is 0.310 e. The van der Waals surface area contributed by atoms with Gasteiger partial charge in [0, 0.05) is 12.5 Å². The lowest BCUT2D eigenvalue weighted by Crippen LogP contribution is -2.33. The van der Waals surface area contributed by atoms with Crippen LogP contribution in [-0.2, 0) is 19.1 Å². The van der Waals surface area contributed by atoms with Gasteiger partial charge < -0.3 is 14.4 Å². The number of fused-ring (bicyclic) bond motifs is 1. The van der Waals surface area contributed by atoms with Gasteiger partial charge in [0.25, 0.3) is 0 Å². The van der Waals surface area contributed by atoms with Crippen molar-refractivity contribution in [3.05, 3.63) is 0 Å². The number of esters is 2. The second kappa shape index (κ2) is 4.78. The van der Waals surface area contributed by atoms with E-state index in [4.69, 9.17) is 9.47 Å². The van der Waals surface area contributed by atoms with E-state index in [-0.39, 0.29) is 35.8 Å². The van der Waals surface area contributed by atoms with Crippen LogP contribution in [0.2, 0.25) is 0 Å². The molecule has 0 N–H and O–H groups in total. The first-order valence-electron chi connectivity index (χ1n) is 7.10. The van der Waals surface area contributed by atoms with Crippen molar-refractivity contribution in [3.8, 4) is 0 Å². The fourth-order valence-corrected chi connectivity index (χ4v) is 3.97. The third kappa shape index (κ3) is 2.14. The topological polar surface area (TPSA) is 55.8 Å². The fraction of sp³-hybridized carbons (Fsp3) is 0.857. The molecule has 106 valence electrons. The Balaban J connectivity index is 1.55. The molecule has 1 saturated heterocycles. The number of carbonyl (C=O) groups is 2. The molecule has 5 heteroatoms. The van der Waals surface area contributed by atoms with Crippen molar-refractivity contribution in [2.24, 2.45) is 23.7 Å². The van der Waals surface area contributed by atoms with Crippen molar-refractivity contribution in [2.75, 3.05) is 27.2 Å². The van der Waals surface area contributed by atoms with E-state index in [0.717, 1.165) is 25.8 Å². The summed E-state index contributed by atoms with van der Waals surface area (Å²) >= 11 is 0. The van der Waals surface area contributed by atoms with Crippen molar-refractivity contribution in [2.45, 2.75) is 25.4 Å². The molecular weight excluding hydrogens is 246 g/mol. The zero-order chi connectivity index (χ0) is 13.6. The summed E-state index contributed by atoms with van der Waals surface area (Å²) in [7, 11) is 3.98. The summed E-state index contributed by atoms with van der Waals surface area (Å²) in [6.45, 7) is 1.34. The summed E-state index contributed by atoms with van der Waals surface area (Å²) in [5.41, 5.74) is 0. The van der Waals surface area contributed by atoms with Crippen LogP contribution in [0.1, 0.15) is 19.3 Å². The van der Waals surface area contributed by atoms with Crippen LogP contribution in [0.15, 0.2) is 0 Å². The van der Waals surface area contributed by atoms with Crippen LogP contribution in [0, 0.1) is 23.7 Å². The average Bonchev–Trinajstić information content (AvgIpc) is 2.94. The summed E-state index contributed by atoms with van der Waals surface area (Å²) in [4.78, 5) is 26.0. The molecule has 19 heavy (non-hydrogen) atoms. The van der Waals surface area contributed by atoms with Gasteiger partial charge in [-0.25, -0.2) is 0 Å². The molecule has 0 spiro atoms. The van der Waals surface area contributed by atoms with Gasteiger partial charge in [-0.2, -0.15) is 0 Å². The van der Waals surface area contributed by atoms with Crippen molar-refractivity contribution < 1.29 is 19.1 Å². The van der Waals surface area contributed by atoms with Crippen molar-refractivity contribution in [3.63, 3.8) is 0 Å². The molecule has 2 aliphatic carbocycles. The van der Waals surface area contributed by atoms with Crippen LogP contribution >= 0.6 is 0 Å². The van der Waals surface area contributed by atoms with Crippen LogP contribution < -0.4 is 0 Å². The monoisotopic (exact) mass is 267 g/mol. The van der Waals surface area contributed by atoms with Gasteiger partial charge in [-0.3, -0.25) is 9.59 Å². The lowest BCUT2D eigenvalue weighted by Gasteiger charge is -2.22. The minimum absolute atomic E-state index is 0.0836. The Bertz CT molecular complexity index is 393. The highest BCUT2D eigenvalue weighted by atomic mass is 16.6. The Kier molecular flexibility index (Phi) is 3.25. The molecule has 0 aromatic heterocycles. The van der Waals surface area contributed by atoms with Crippen molar-refractivity contribution >= 4 is 11.9 Å². The van der Waals surface area contributed by atoms with Crippen molar-refractivity contribution in [1.29, 1.82) is 0 Å². The van der Waals surface area contributed by atoms with E-state index in [2.05, 4.69) is 4.90 Å². The molecule has 0 aromatic rings. The molecule has 5 atom stereocenters. The van der Waals surface area contributed by atoms with E-state index in [0.29, 0.717) is 12.5 Å². The molecule has 3 rings (SSSR count). The van der Waals surface area contributed by atoms with Crippen LogP contribution in [0.25, 0.3) is 0 Å². The summed E-state index contributed by atoms with van der Waals surface area (Å²) in [5, 5.41) is 0. The minimum atomic E-state index is -0.240. The van der Waals surface area contributed by atoms with E-state index in [1.807, 2.05) is 14.1 Å². The van der Waals surface area contributed by atoms with E-state index in [1.54, 1.807) is 0 Å². The molecule has 0 radical (unpaired) electrons. The number of rotatable bonds is 5. The summed E-state index contributed by atoms with van der Waals surface area (Å²) in [6.07, 6.45) is 2.72. The van der Waals surface area contributed by atoms with E-state index in [9.17, 15) is 9.59 Å². The normalized spacial score (nSPS) is 38.9. The van der Waals surface area contributed by atoms with Gasteiger partial charge in [0.15, 0.2) is 0 Å². The highest BCUT2D eigenvalue weighted by Crippen LogP contribution is 2.57. The van der Waals surface area contributed by atoms with E-state index < -0.39 is 0 Å². The molecule has 5 nitrogen and oxygen atoms in total. The quantitative estimate of drug-likeness (QED) is 0.541. The van der Waals surface area contributed by atoms with E-state index >= 15 is 0 Å². The predicted octanol–water partition coefficient (Wildman–Crippen LogP) is 0.679. The summed E-state index contributed by atoms with van der Waals surface area (Å²) in [6, 6.07) is 0. The van der Waals surface area contributed by atoms with Gasteiger partial charge in [-0.15, -0.1) is 0 Å². The fourth-order valence-electron chi connectivity index (χ4n) is 3.97. The lowest BCUT2D eigenvalue weighted by molar-refractivity contribution is -0.155. The highest BCUT2D eigenvalue weighted by Gasteiger charge is 2.64. The Morgan fingerprint density at radius 1 is 1.42 bits per heavy atom. The van der Waals surface area contributed by atoms with Crippen molar-refractivity contribution in [1.82, 2.24) is 4.90 Å². The number of nitrogens with zero attached hydrogens (tertiary/aromatic N) is 1. The average molecular weight is 267 g/mol. The molecule has 1 aliphatic heterocycles. The first-order valence-corrected chi connectivity index (χ1v) is 7.10. The van der Waals surface area contributed by atoms with E-state index in [1.165, 1.54) is 0 Å². The van der Waals surface area contributed by atoms with Gasteiger partial charge in [0.05, 0.1) is 18.4 Å². The third-order valence-corrected chi connectivity index (χ3v) is 4.75. The van der Waals surface area contributed by atoms with Gasteiger partial charge in [-0.05, 0) is 39.3 Å². The number of carbonyl (C=O) groups excluding carboxylic acids is 2. The van der Waals surface area contributed by atoms with Crippen LogP contribution in [-0.4, -0.2) is 50.2 Å². The molecule has 3 aliphatic rings. The van der Waals surface area contributed by atoms with Crippen LogP contribution in [0.5, 0.6) is 0 Å². The largest absolute Gasteiger partial charge is 0.465 e. The molecular formula is C14H21NO4. The summed E-state index contributed by atoms with van der Waals surface area (Å²) in [5.74, 6) is -0.246. The highest BCUT2D eigenvalue weighted by molar-refractivity contribution is 5.85. The van der Waals surface area contributed by atoms with Crippen LogP contribution in [0.4, 0.5) is 0 Å². The predicted molar refractivity (Wildman–Crippen MR) is 67.2 cm³/mol. The Morgan fingerprint density at radius 2 is 2.21 bits per heavy atom. The zero-order valence-electron chi connectivity index (χ0n) is 11.5. The maximum atomic E-state index is 12.2. The second-order valence-corrected chi connectivity index (χ2v) is 6.25. The minimum Gasteiger partial charge on any atom is -0.465 e. The molecule has 2 bridgehead atoms. The molecule has 0 aromatic carbocycles. The molecule has 3 fully saturated rings. The molecule has 0 unspecified atom stereocenters. The van der Waals surface area contributed by atoms with Gasteiger partial charge in [0.1, 0.15) is 6.10 Å². The Hall–Kier alpha value is -1.10. The standard InChI is InChI=1S/C14H21NO4/c1-15(2)4-3-5-18-13(16)11-8-6-9-10(7-8)19-14(17)12(9)11/h8-12H,3-7H2,1-2H3/t8-,9-,10+,11+,12-/m0/s1.